The van der Waals surface area contributed by atoms with Crippen LogP contribution in [0, 0.1) is 5.92 Å². The molecule has 0 amide bonds. The number of rotatable bonds is 8. The Morgan fingerprint density at radius 1 is 1.06 bits per heavy atom. The maximum Gasteiger partial charge on any atom is 0.191 e. The SMILES string of the molecule is CCNC(=NCc1ccccc1OC)NCC1CCCN(C)C1c1ccc(OC)cc1.I. The molecule has 3 rings (SSSR count). The third-order valence-corrected chi connectivity index (χ3v) is 5.94. The standard InChI is InChI=1S/C25H36N4O2.HI/c1-5-26-25(27-17-20-9-6-7-11-23(20)31-4)28-18-21-10-8-16-29(2)24(21)19-12-14-22(30-3)15-13-19;/h6-7,9,11-15,21,24H,5,8,10,16-18H2,1-4H3,(H2,26,27,28);1H. The summed E-state index contributed by atoms with van der Waals surface area (Å²) in [6.45, 7) is 5.48. The Morgan fingerprint density at radius 3 is 2.50 bits per heavy atom. The molecule has 2 aromatic rings. The van der Waals surface area contributed by atoms with Gasteiger partial charge in [-0.3, -0.25) is 4.90 Å². The molecule has 0 spiro atoms. The predicted octanol–water partition coefficient (Wildman–Crippen LogP) is 4.46. The lowest BCUT2D eigenvalue weighted by molar-refractivity contribution is 0.122. The van der Waals surface area contributed by atoms with Gasteiger partial charge in [0.15, 0.2) is 5.96 Å². The fraction of sp³-hybridized carbons (Fsp3) is 0.480. The number of hydrogen-bond donors (Lipinski definition) is 2. The molecule has 0 bridgehead atoms. The molecule has 1 saturated heterocycles. The van der Waals surface area contributed by atoms with Gasteiger partial charge in [-0.1, -0.05) is 30.3 Å². The highest BCUT2D eigenvalue weighted by atomic mass is 127. The largest absolute Gasteiger partial charge is 0.497 e. The van der Waals surface area contributed by atoms with E-state index in [9.17, 15) is 0 Å². The summed E-state index contributed by atoms with van der Waals surface area (Å²) < 4.78 is 10.8. The number of para-hydroxylation sites is 1. The van der Waals surface area contributed by atoms with Crippen molar-refractivity contribution in [2.24, 2.45) is 10.9 Å². The molecule has 2 aromatic carbocycles. The topological polar surface area (TPSA) is 58.1 Å². The number of hydrogen-bond acceptors (Lipinski definition) is 4. The number of ether oxygens (including phenoxy) is 2. The molecule has 1 fully saturated rings. The molecule has 1 heterocycles. The smallest absolute Gasteiger partial charge is 0.191 e. The number of halogens is 1. The summed E-state index contributed by atoms with van der Waals surface area (Å²) in [6, 6.07) is 16.9. The first-order valence-electron chi connectivity index (χ1n) is 11.1. The zero-order valence-electron chi connectivity index (χ0n) is 19.6. The van der Waals surface area contributed by atoms with Crippen molar-refractivity contribution in [3.8, 4) is 11.5 Å². The Balaban J connectivity index is 0.00000363. The van der Waals surface area contributed by atoms with Gasteiger partial charge in [-0.25, -0.2) is 4.99 Å². The molecule has 0 aromatic heterocycles. The van der Waals surface area contributed by atoms with E-state index in [2.05, 4.69) is 59.8 Å². The summed E-state index contributed by atoms with van der Waals surface area (Å²) in [4.78, 5) is 7.27. The third-order valence-electron chi connectivity index (χ3n) is 5.94. The predicted molar refractivity (Wildman–Crippen MR) is 142 cm³/mol. The number of benzene rings is 2. The molecular formula is C25H37IN4O2. The second-order valence-corrected chi connectivity index (χ2v) is 7.99. The van der Waals surface area contributed by atoms with Crippen LogP contribution in [0.5, 0.6) is 11.5 Å². The summed E-state index contributed by atoms with van der Waals surface area (Å²) in [5, 5.41) is 6.97. The number of likely N-dealkylation sites (tertiary alicyclic amines) is 1. The Labute approximate surface area is 209 Å². The van der Waals surface area contributed by atoms with E-state index in [4.69, 9.17) is 14.5 Å². The Hall–Kier alpha value is -2.00. The first-order valence-corrected chi connectivity index (χ1v) is 11.1. The number of aliphatic imine (C=N–C) groups is 1. The van der Waals surface area contributed by atoms with Crippen LogP contribution in [0.25, 0.3) is 0 Å². The highest BCUT2D eigenvalue weighted by molar-refractivity contribution is 14.0. The van der Waals surface area contributed by atoms with E-state index in [1.54, 1.807) is 14.2 Å². The van der Waals surface area contributed by atoms with E-state index in [0.717, 1.165) is 42.7 Å². The minimum atomic E-state index is 0. The summed E-state index contributed by atoms with van der Waals surface area (Å²) in [7, 11) is 5.63. The normalized spacial score (nSPS) is 19.1. The second kappa shape index (κ2) is 13.5. The lowest BCUT2D eigenvalue weighted by atomic mass is 9.85. The Morgan fingerprint density at radius 2 is 1.81 bits per heavy atom. The van der Waals surface area contributed by atoms with E-state index < -0.39 is 0 Å². The van der Waals surface area contributed by atoms with E-state index >= 15 is 0 Å². The van der Waals surface area contributed by atoms with Crippen molar-refractivity contribution in [3.63, 3.8) is 0 Å². The summed E-state index contributed by atoms with van der Waals surface area (Å²) in [5.41, 5.74) is 2.42. The maximum atomic E-state index is 5.46. The van der Waals surface area contributed by atoms with Crippen molar-refractivity contribution in [1.82, 2.24) is 15.5 Å². The molecule has 2 N–H and O–H groups in total. The van der Waals surface area contributed by atoms with Crippen LogP contribution in [-0.4, -0.2) is 51.8 Å². The number of nitrogens with one attached hydrogen (secondary N) is 2. The molecule has 1 aliphatic rings. The number of methoxy groups -OCH3 is 2. The number of guanidine groups is 1. The van der Waals surface area contributed by atoms with Crippen LogP contribution in [0.2, 0.25) is 0 Å². The highest BCUT2D eigenvalue weighted by Crippen LogP contribution is 2.35. The summed E-state index contributed by atoms with van der Waals surface area (Å²) >= 11 is 0. The van der Waals surface area contributed by atoms with Gasteiger partial charge in [0.25, 0.3) is 0 Å². The van der Waals surface area contributed by atoms with Crippen molar-refractivity contribution in [3.05, 3.63) is 59.7 Å². The lowest BCUT2D eigenvalue weighted by Crippen LogP contribution is -2.45. The van der Waals surface area contributed by atoms with Crippen LogP contribution in [0.1, 0.15) is 36.9 Å². The average Bonchev–Trinajstić information content (AvgIpc) is 2.81. The lowest BCUT2D eigenvalue weighted by Gasteiger charge is -2.40. The van der Waals surface area contributed by atoms with Crippen LogP contribution < -0.4 is 20.1 Å². The molecule has 2 unspecified atom stereocenters. The summed E-state index contributed by atoms with van der Waals surface area (Å²) in [6.07, 6.45) is 2.41. The van der Waals surface area contributed by atoms with E-state index in [1.165, 1.54) is 18.4 Å². The van der Waals surface area contributed by atoms with Gasteiger partial charge in [0.05, 0.1) is 20.8 Å². The molecule has 176 valence electrons. The molecular weight excluding hydrogens is 515 g/mol. The zero-order chi connectivity index (χ0) is 22.1. The molecule has 2 atom stereocenters. The number of nitrogens with zero attached hydrogens (tertiary/aromatic N) is 2. The third kappa shape index (κ3) is 7.00. The Kier molecular flexibility index (Phi) is 11.1. The monoisotopic (exact) mass is 552 g/mol. The molecule has 7 heteroatoms. The van der Waals surface area contributed by atoms with Gasteiger partial charge in [0.2, 0.25) is 0 Å². The van der Waals surface area contributed by atoms with Gasteiger partial charge < -0.3 is 20.1 Å². The molecule has 0 radical (unpaired) electrons. The molecule has 32 heavy (non-hydrogen) atoms. The minimum absolute atomic E-state index is 0. The van der Waals surface area contributed by atoms with Crippen molar-refractivity contribution < 1.29 is 9.47 Å². The van der Waals surface area contributed by atoms with E-state index in [-0.39, 0.29) is 24.0 Å². The molecule has 0 saturated carbocycles. The molecule has 6 nitrogen and oxygen atoms in total. The summed E-state index contributed by atoms with van der Waals surface area (Å²) in [5.74, 6) is 3.11. The zero-order valence-corrected chi connectivity index (χ0v) is 22.0. The van der Waals surface area contributed by atoms with Crippen molar-refractivity contribution in [1.29, 1.82) is 0 Å². The quantitative estimate of drug-likeness (QED) is 0.288. The van der Waals surface area contributed by atoms with Crippen LogP contribution in [0.4, 0.5) is 0 Å². The fourth-order valence-corrected chi connectivity index (χ4v) is 4.37. The van der Waals surface area contributed by atoms with Crippen LogP contribution in [-0.2, 0) is 6.54 Å². The molecule has 0 aliphatic carbocycles. The van der Waals surface area contributed by atoms with Crippen molar-refractivity contribution in [2.75, 3.05) is 40.9 Å². The van der Waals surface area contributed by atoms with Crippen molar-refractivity contribution >= 4 is 29.9 Å². The van der Waals surface area contributed by atoms with E-state index in [0.29, 0.717) is 18.5 Å². The first-order chi connectivity index (χ1) is 15.2. The maximum absolute atomic E-state index is 5.46. The fourth-order valence-electron chi connectivity index (χ4n) is 4.37. The van der Waals surface area contributed by atoms with Gasteiger partial charge >= 0.3 is 0 Å². The van der Waals surface area contributed by atoms with Crippen molar-refractivity contribution in [2.45, 2.75) is 32.4 Å². The van der Waals surface area contributed by atoms with Gasteiger partial charge in [0.1, 0.15) is 11.5 Å². The first kappa shape index (κ1) is 26.3. The minimum Gasteiger partial charge on any atom is -0.497 e. The Bertz CT molecular complexity index is 844. The van der Waals surface area contributed by atoms with Crippen LogP contribution in [0.3, 0.4) is 0 Å². The number of piperidine rings is 1. The average molecular weight is 553 g/mol. The van der Waals surface area contributed by atoms with Gasteiger partial charge in [0, 0.05) is 24.7 Å². The van der Waals surface area contributed by atoms with Gasteiger partial charge in [-0.15, -0.1) is 24.0 Å². The molecule has 1 aliphatic heterocycles. The van der Waals surface area contributed by atoms with Crippen LogP contribution in [0.15, 0.2) is 53.5 Å². The second-order valence-electron chi connectivity index (χ2n) is 7.99. The van der Waals surface area contributed by atoms with Crippen LogP contribution >= 0.6 is 24.0 Å². The van der Waals surface area contributed by atoms with Gasteiger partial charge in [-0.2, -0.15) is 0 Å². The highest BCUT2D eigenvalue weighted by Gasteiger charge is 2.30. The van der Waals surface area contributed by atoms with Gasteiger partial charge in [-0.05, 0) is 63.0 Å². The van der Waals surface area contributed by atoms with E-state index in [1.807, 2.05) is 18.2 Å².